The quantitative estimate of drug-likeness (QED) is 0.310. The molecule has 0 radical (unpaired) electrons. The third kappa shape index (κ3) is 2.75. The summed E-state index contributed by atoms with van der Waals surface area (Å²) >= 11 is 0. The Bertz CT molecular complexity index is 569. The molecule has 0 spiro atoms. The summed E-state index contributed by atoms with van der Waals surface area (Å²) in [5.41, 5.74) is 4.58. The fourth-order valence-electron chi connectivity index (χ4n) is 3.21. The summed E-state index contributed by atoms with van der Waals surface area (Å²) < 4.78 is 5.09. The van der Waals surface area contributed by atoms with Crippen molar-refractivity contribution in [2.24, 2.45) is 10.7 Å². The van der Waals surface area contributed by atoms with E-state index in [0.29, 0.717) is 17.3 Å². The normalized spacial score (nSPS) is 40.3. The second kappa shape index (κ2) is 6.48. The van der Waals surface area contributed by atoms with E-state index in [4.69, 9.17) is 10.5 Å². The van der Waals surface area contributed by atoms with E-state index in [-0.39, 0.29) is 13.2 Å². The lowest BCUT2D eigenvalue weighted by molar-refractivity contribution is -0.296. The number of carbonyl (C=O) groups is 1. The van der Waals surface area contributed by atoms with E-state index in [0.717, 1.165) is 6.42 Å². The molecular formula is C14H22N4O6. The molecule has 7 N–H and O–H groups in total. The summed E-state index contributed by atoms with van der Waals surface area (Å²) in [6, 6.07) is -2.67. The van der Waals surface area contributed by atoms with E-state index in [1.54, 1.807) is 6.08 Å². The van der Waals surface area contributed by atoms with Crippen molar-refractivity contribution in [3.05, 3.63) is 12.2 Å². The van der Waals surface area contributed by atoms with Crippen molar-refractivity contribution in [1.29, 1.82) is 0 Å². The molecule has 3 heterocycles. The second-order valence-corrected chi connectivity index (χ2v) is 6.26. The largest absolute Gasteiger partial charge is 0.388 e. The number of aliphatic hydroxyl groups excluding tert-OH is 2. The number of ether oxygens (including phenoxy) is 1. The highest BCUT2D eigenvalue weighted by molar-refractivity contribution is 5.99. The van der Waals surface area contributed by atoms with Crippen LogP contribution in [0.4, 0.5) is 0 Å². The highest BCUT2D eigenvalue weighted by atomic mass is 16.6. The van der Waals surface area contributed by atoms with Crippen molar-refractivity contribution in [2.75, 3.05) is 19.7 Å². The molecule has 6 atom stereocenters. The van der Waals surface area contributed by atoms with Crippen molar-refractivity contribution in [2.45, 2.75) is 42.5 Å². The van der Waals surface area contributed by atoms with Crippen LogP contribution in [0.3, 0.4) is 0 Å². The molecule has 2 fully saturated rings. The van der Waals surface area contributed by atoms with Gasteiger partial charge in [-0.15, -0.1) is 0 Å². The molecule has 3 aliphatic rings. The number of piperidine rings is 1. The molecule has 0 saturated carbocycles. The van der Waals surface area contributed by atoms with Crippen LogP contribution < -0.4 is 11.1 Å². The van der Waals surface area contributed by atoms with Crippen LogP contribution in [0, 0.1) is 0 Å². The van der Waals surface area contributed by atoms with Gasteiger partial charge in [0.2, 0.25) is 5.91 Å². The molecule has 0 aromatic carbocycles. The van der Waals surface area contributed by atoms with Crippen LogP contribution in [0.15, 0.2) is 17.1 Å². The number of nitrogens with two attached hydrogens (primary N) is 1. The molecule has 0 aliphatic carbocycles. The maximum atomic E-state index is 12.2. The summed E-state index contributed by atoms with van der Waals surface area (Å²) in [5.74, 6) is -0.626. The molecule has 6 unspecified atom stereocenters. The maximum Gasteiger partial charge on any atom is 0.239 e. The fourth-order valence-corrected chi connectivity index (χ4v) is 3.21. The Morgan fingerprint density at radius 3 is 2.96 bits per heavy atom. The molecule has 3 aliphatic heterocycles. The molecule has 0 aromatic rings. The molecular weight excluding hydrogens is 320 g/mol. The van der Waals surface area contributed by atoms with Crippen LogP contribution in [0.1, 0.15) is 6.42 Å². The number of hydrogen-bond donors (Lipinski definition) is 6. The Kier molecular flexibility index (Phi) is 4.71. The van der Waals surface area contributed by atoms with Crippen molar-refractivity contribution < 1.29 is 30.1 Å². The minimum Gasteiger partial charge on any atom is -0.388 e. The van der Waals surface area contributed by atoms with Gasteiger partial charge >= 0.3 is 0 Å². The van der Waals surface area contributed by atoms with Crippen LogP contribution in [-0.2, 0) is 9.53 Å². The molecule has 3 rings (SSSR count). The van der Waals surface area contributed by atoms with Gasteiger partial charge in [0.15, 0.2) is 6.23 Å². The third-order valence-corrected chi connectivity index (χ3v) is 4.70. The number of rotatable bonds is 4. The Morgan fingerprint density at radius 1 is 1.54 bits per heavy atom. The number of amides is 1. The zero-order chi connectivity index (χ0) is 17.5. The lowest BCUT2D eigenvalue weighted by atomic mass is 9.81. The van der Waals surface area contributed by atoms with Gasteiger partial charge in [0.25, 0.3) is 0 Å². The first kappa shape index (κ1) is 17.4. The van der Waals surface area contributed by atoms with Crippen LogP contribution in [0.2, 0.25) is 0 Å². The van der Waals surface area contributed by atoms with Crippen LogP contribution >= 0.6 is 0 Å². The minimum absolute atomic E-state index is 0.171. The summed E-state index contributed by atoms with van der Waals surface area (Å²) in [6.45, 7) is 0.455. The summed E-state index contributed by atoms with van der Waals surface area (Å²) in [5, 5.41) is 43.8. The number of hydroxylamine groups is 2. The fraction of sp³-hybridized carbons (Fsp3) is 0.714. The van der Waals surface area contributed by atoms with Crippen molar-refractivity contribution in [3.8, 4) is 0 Å². The number of hydrogen-bond acceptors (Lipinski definition) is 9. The van der Waals surface area contributed by atoms with E-state index >= 15 is 0 Å². The van der Waals surface area contributed by atoms with Crippen LogP contribution in [0.5, 0.6) is 0 Å². The third-order valence-electron chi connectivity index (χ3n) is 4.70. The molecule has 10 nitrogen and oxygen atoms in total. The first-order chi connectivity index (χ1) is 11.4. The van der Waals surface area contributed by atoms with Gasteiger partial charge in [0.05, 0.1) is 24.9 Å². The first-order valence-electron chi connectivity index (χ1n) is 7.77. The van der Waals surface area contributed by atoms with Gasteiger partial charge in [0, 0.05) is 6.54 Å². The minimum atomic E-state index is -1.98. The highest BCUT2D eigenvalue weighted by Crippen LogP contribution is 2.38. The smallest absolute Gasteiger partial charge is 0.239 e. The van der Waals surface area contributed by atoms with Gasteiger partial charge < -0.3 is 36.3 Å². The number of aliphatic hydroxyl groups is 3. The predicted octanol–water partition coefficient (Wildman–Crippen LogP) is -3.29. The number of dihydropyridines is 1. The average Bonchev–Trinajstić information content (AvgIpc) is 2.84. The second-order valence-electron chi connectivity index (χ2n) is 6.26. The van der Waals surface area contributed by atoms with Gasteiger partial charge in [-0.05, 0) is 12.5 Å². The van der Waals surface area contributed by atoms with Gasteiger partial charge in [-0.3, -0.25) is 9.79 Å². The van der Waals surface area contributed by atoms with Crippen molar-refractivity contribution >= 4 is 11.6 Å². The topological polar surface area (TPSA) is 161 Å². The Balaban J connectivity index is 1.67. The first-order valence-corrected chi connectivity index (χ1v) is 7.77. The van der Waals surface area contributed by atoms with Gasteiger partial charge in [-0.25, -0.2) is 0 Å². The zero-order valence-corrected chi connectivity index (χ0v) is 12.9. The molecule has 24 heavy (non-hydrogen) atoms. The summed E-state index contributed by atoms with van der Waals surface area (Å²) in [4.78, 5) is 16.5. The number of fused-ring (bicyclic) bond motifs is 2. The molecule has 0 aromatic heterocycles. The van der Waals surface area contributed by atoms with Gasteiger partial charge in [-0.1, -0.05) is 6.08 Å². The zero-order valence-electron chi connectivity index (χ0n) is 12.9. The lowest BCUT2D eigenvalue weighted by Gasteiger charge is -2.46. The average molecular weight is 342 g/mol. The molecule has 1 amide bonds. The van der Waals surface area contributed by atoms with E-state index in [9.17, 15) is 25.3 Å². The molecule has 10 heteroatoms. The van der Waals surface area contributed by atoms with E-state index in [1.807, 2.05) is 6.08 Å². The SMILES string of the molecule is NC(C(=O)NCC1=NCCC=C1)C1C(O)C2(O)COC(C2O)N1O. The Hall–Kier alpha value is -1.40. The van der Waals surface area contributed by atoms with E-state index in [1.165, 1.54) is 0 Å². The molecule has 2 bridgehead atoms. The number of nitrogens with one attached hydrogen (secondary N) is 1. The van der Waals surface area contributed by atoms with Crippen LogP contribution in [0.25, 0.3) is 0 Å². The van der Waals surface area contributed by atoms with E-state index < -0.39 is 42.0 Å². The summed E-state index contributed by atoms with van der Waals surface area (Å²) in [7, 11) is 0. The predicted molar refractivity (Wildman–Crippen MR) is 81.2 cm³/mol. The Morgan fingerprint density at radius 2 is 2.29 bits per heavy atom. The Labute approximate surface area is 138 Å². The van der Waals surface area contributed by atoms with Gasteiger partial charge in [-0.2, -0.15) is 5.06 Å². The lowest BCUT2D eigenvalue weighted by Crippen LogP contribution is -2.73. The number of nitrogens with zero attached hydrogens (tertiary/aromatic N) is 2. The van der Waals surface area contributed by atoms with E-state index in [2.05, 4.69) is 10.3 Å². The monoisotopic (exact) mass is 342 g/mol. The van der Waals surface area contributed by atoms with Crippen molar-refractivity contribution in [1.82, 2.24) is 10.4 Å². The van der Waals surface area contributed by atoms with Crippen LogP contribution in [-0.4, -0.2) is 93.0 Å². The summed E-state index contributed by atoms with van der Waals surface area (Å²) in [6.07, 6.45) is 0.173. The number of carbonyl (C=O) groups excluding carboxylic acids is 1. The van der Waals surface area contributed by atoms with Crippen molar-refractivity contribution in [3.63, 3.8) is 0 Å². The number of aliphatic imine (C=N–C) groups is 1. The molecule has 2 saturated heterocycles. The highest BCUT2D eigenvalue weighted by Gasteiger charge is 2.64. The van der Waals surface area contributed by atoms with Gasteiger partial charge in [0.1, 0.15) is 23.9 Å². The molecule has 134 valence electrons. The standard InChI is InChI=1S/C14H22N4O6/c15-8(12(21)17-5-7-3-1-2-4-16-7)9-10(19)14(22)6-24-13(11(14)20)18(9)23/h1,3,8-11,13,19-20,22-23H,2,4-6,15H2,(H,17,21). The maximum absolute atomic E-state index is 12.2.